The number of amides is 1. The minimum absolute atomic E-state index is 0.246. The summed E-state index contributed by atoms with van der Waals surface area (Å²) in [6.45, 7) is 0. The van der Waals surface area contributed by atoms with Crippen LogP contribution in [0.25, 0.3) is 17.3 Å². The van der Waals surface area contributed by atoms with Gasteiger partial charge in [0, 0.05) is 15.4 Å². The first-order valence-corrected chi connectivity index (χ1v) is 12.1. The van der Waals surface area contributed by atoms with E-state index in [2.05, 4.69) is 36.8 Å². The Labute approximate surface area is 207 Å². The summed E-state index contributed by atoms with van der Waals surface area (Å²) >= 11 is 6.08. The fourth-order valence-corrected chi connectivity index (χ4v) is 4.70. The van der Waals surface area contributed by atoms with Crippen LogP contribution < -0.4 is 25.0 Å². The summed E-state index contributed by atoms with van der Waals surface area (Å²) in [6, 6.07) is 11.5. The molecule has 0 bridgehead atoms. The van der Waals surface area contributed by atoms with Gasteiger partial charge in [0.2, 0.25) is 10.9 Å². The van der Waals surface area contributed by atoms with Gasteiger partial charge in [0.1, 0.15) is 0 Å². The highest BCUT2D eigenvalue weighted by Crippen LogP contribution is 2.39. The van der Waals surface area contributed by atoms with E-state index in [9.17, 15) is 4.79 Å². The zero-order valence-electron chi connectivity index (χ0n) is 17.8. The number of hydrazone groups is 1. The molecule has 4 rings (SSSR count). The van der Waals surface area contributed by atoms with Crippen LogP contribution in [0.2, 0.25) is 0 Å². The number of thioether (sulfide) groups is 1. The van der Waals surface area contributed by atoms with Crippen LogP contribution in [0.1, 0.15) is 5.56 Å². The third-order valence-electron chi connectivity index (χ3n) is 4.53. The van der Waals surface area contributed by atoms with E-state index in [0.29, 0.717) is 32.5 Å². The SMILES string of the molecule is COc1cc(/C=C2\S/C(=N\Nc3nc(-c4ccc(Br)cc4)cs3)NC2=O)cc(OC)c1OC. The van der Waals surface area contributed by atoms with Crippen molar-refractivity contribution in [3.8, 4) is 28.5 Å². The molecule has 0 aliphatic carbocycles. The molecule has 1 aromatic heterocycles. The molecule has 170 valence electrons. The lowest BCUT2D eigenvalue weighted by atomic mass is 10.1. The molecule has 0 unspecified atom stereocenters. The molecule has 0 spiro atoms. The van der Waals surface area contributed by atoms with Gasteiger partial charge in [0.25, 0.3) is 5.91 Å². The van der Waals surface area contributed by atoms with E-state index in [1.54, 1.807) is 39.5 Å². The Morgan fingerprint density at radius 1 is 1.09 bits per heavy atom. The van der Waals surface area contributed by atoms with Crippen LogP contribution in [0.5, 0.6) is 17.2 Å². The van der Waals surface area contributed by atoms with Crippen molar-refractivity contribution in [2.75, 3.05) is 26.8 Å². The maximum absolute atomic E-state index is 12.4. The van der Waals surface area contributed by atoms with Gasteiger partial charge in [-0.2, -0.15) is 0 Å². The number of amidine groups is 1. The zero-order valence-corrected chi connectivity index (χ0v) is 21.1. The average molecular weight is 547 g/mol. The van der Waals surface area contributed by atoms with Crippen molar-refractivity contribution in [3.63, 3.8) is 0 Å². The number of ether oxygens (including phenoxy) is 3. The second-order valence-electron chi connectivity index (χ2n) is 6.60. The number of anilines is 1. The van der Waals surface area contributed by atoms with Gasteiger partial charge >= 0.3 is 0 Å². The summed E-state index contributed by atoms with van der Waals surface area (Å²) in [5.41, 5.74) is 5.50. The molecule has 0 atom stereocenters. The fraction of sp³-hybridized carbons (Fsp3) is 0.136. The normalized spacial score (nSPS) is 15.6. The Morgan fingerprint density at radius 3 is 2.42 bits per heavy atom. The molecule has 0 radical (unpaired) electrons. The molecule has 2 heterocycles. The number of benzene rings is 2. The summed E-state index contributed by atoms with van der Waals surface area (Å²) < 4.78 is 17.1. The molecule has 1 amide bonds. The van der Waals surface area contributed by atoms with Crippen molar-refractivity contribution < 1.29 is 19.0 Å². The van der Waals surface area contributed by atoms with Crippen LogP contribution in [0.4, 0.5) is 5.13 Å². The third-order valence-corrected chi connectivity index (χ3v) is 6.72. The number of nitrogens with one attached hydrogen (secondary N) is 2. The van der Waals surface area contributed by atoms with Gasteiger partial charge < -0.3 is 14.2 Å². The van der Waals surface area contributed by atoms with E-state index in [-0.39, 0.29) is 5.91 Å². The number of halogens is 1. The van der Waals surface area contributed by atoms with E-state index in [1.807, 2.05) is 29.6 Å². The summed E-state index contributed by atoms with van der Waals surface area (Å²) in [4.78, 5) is 17.5. The van der Waals surface area contributed by atoms with Crippen LogP contribution in [-0.4, -0.2) is 37.4 Å². The number of rotatable bonds is 7. The maximum atomic E-state index is 12.4. The summed E-state index contributed by atoms with van der Waals surface area (Å²) in [5.74, 6) is 1.26. The molecular formula is C22H19BrN4O4S2. The zero-order chi connectivity index (χ0) is 23.4. The largest absolute Gasteiger partial charge is 0.493 e. The van der Waals surface area contributed by atoms with Gasteiger partial charge in [-0.05, 0) is 47.7 Å². The molecule has 1 fully saturated rings. The van der Waals surface area contributed by atoms with E-state index in [0.717, 1.165) is 21.3 Å². The third kappa shape index (κ3) is 5.32. The number of hydrogen-bond acceptors (Lipinski definition) is 9. The Kier molecular flexibility index (Phi) is 7.21. The molecule has 8 nitrogen and oxygen atoms in total. The number of thiazole rings is 1. The lowest BCUT2D eigenvalue weighted by Gasteiger charge is -2.12. The monoisotopic (exact) mass is 546 g/mol. The van der Waals surface area contributed by atoms with Crippen molar-refractivity contribution in [1.29, 1.82) is 0 Å². The number of hydrogen-bond donors (Lipinski definition) is 2. The first kappa shape index (κ1) is 23.1. The van der Waals surface area contributed by atoms with E-state index < -0.39 is 0 Å². The molecule has 1 saturated heterocycles. The number of nitrogens with zero attached hydrogens (tertiary/aromatic N) is 2. The van der Waals surface area contributed by atoms with Gasteiger partial charge in [0.05, 0.1) is 31.9 Å². The quantitative estimate of drug-likeness (QED) is 0.311. The predicted molar refractivity (Wildman–Crippen MR) is 136 cm³/mol. The molecule has 11 heteroatoms. The minimum Gasteiger partial charge on any atom is -0.493 e. The number of carbonyl (C=O) groups is 1. The number of carbonyl (C=O) groups excluding carboxylic acids is 1. The second kappa shape index (κ2) is 10.3. The molecule has 2 aromatic carbocycles. The van der Waals surface area contributed by atoms with Crippen LogP contribution in [0.3, 0.4) is 0 Å². The van der Waals surface area contributed by atoms with Crippen LogP contribution in [0, 0.1) is 0 Å². The van der Waals surface area contributed by atoms with E-state index >= 15 is 0 Å². The Balaban J connectivity index is 1.48. The molecule has 3 aromatic rings. The fourth-order valence-electron chi connectivity index (χ4n) is 2.99. The summed E-state index contributed by atoms with van der Waals surface area (Å²) in [5, 5.41) is 10.0. The Bertz CT molecular complexity index is 1220. The van der Waals surface area contributed by atoms with Gasteiger partial charge in [0.15, 0.2) is 16.7 Å². The minimum atomic E-state index is -0.246. The highest BCUT2D eigenvalue weighted by molar-refractivity contribution is 9.10. The number of aromatic nitrogens is 1. The predicted octanol–water partition coefficient (Wildman–Crippen LogP) is 5.19. The van der Waals surface area contributed by atoms with Crippen molar-refractivity contribution >= 4 is 61.3 Å². The van der Waals surface area contributed by atoms with E-state index in [4.69, 9.17) is 14.2 Å². The molecule has 1 aliphatic rings. The van der Waals surface area contributed by atoms with Gasteiger partial charge in [-0.25, -0.2) is 4.98 Å². The van der Waals surface area contributed by atoms with Gasteiger partial charge in [-0.15, -0.1) is 16.4 Å². The summed E-state index contributed by atoms with van der Waals surface area (Å²) in [7, 11) is 4.63. The molecule has 0 saturated carbocycles. The van der Waals surface area contributed by atoms with Crippen LogP contribution in [0.15, 0.2) is 56.3 Å². The average Bonchev–Trinajstić information content (AvgIpc) is 3.44. The van der Waals surface area contributed by atoms with Crippen molar-refractivity contribution in [3.05, 3.63) is 56.7 Å². The van der Waals surface area contributed by atoms with Gasteiger partial charge in [-0.3, -0.25) is 15.5 Å². The van der Waals surface area contributed by atoms with Gasteiger partial charge in [-0.1, -0.05) is 28.1 Å². The molecular weight excluding hydrogens is 528 g/mol. The first-order valence-electron chi connectivity index (χ1n) is 9.56. The van der Waals surface area contributed by atoms with Crippen molar-refractivity contribution in [2.45, 2.75) is 0 Å². The van der Waals surface area contributed by atoms with Crippen molar-refractivity contribution in [2.24, 2.45) is 5.10 Å². The second-order valence-corrected chi connectivity index (χ2v) is 9.40. The number of methoxy groups -OCH3 is 3. The highest BCUT2D eigenvalue weighted by Gasteiger charge is 2.24. The summed E-state index contributed by atoms with van der Waals surface area (Å²) in [6.07, 6.45) is 1.74. The molecule has 1 aliphatic heterocycles. The maximum Gasteiger partial charge on any atom is 0.264 e. The Hall–Kier alpha value is -3.02. The first-order chi connectivity index (χ1) is 16.0. The van der Waals surface area contributed by atoms with Crippen molar-refractivity contribution in [1.82, 2.24) is 10.3 Å². The standard InChI is InChI=1S/C22H19BrN4O4S2/c1-29-16-8-12(9-17(30-2)19(16)31-3)10-18-20(28)25-22(33-18)27-26-21-24-15(11-32-21)13-4-6-14(23)7-5-13/h4-11H,1-3H3,(H,24,26)(H,25,27,28)/b18-10-. The van der Waals surface area contributed by atoms with Crippen LogP contribution >= 0.6 is 39.0 Å². The highest BCUT2D eigenvalue weighted by atomic mass is 79.9. The molecule has 33 heavy (non-hydrogen) atoms. The molecule has 2 N–H and O–H groups in total. The lowest BCUT2D eigenvalue weighted by molar-refractivity contribution is -0.115. The Morgan fingerprint density at radius 2 is 1.79 bits per heavy atom. The lowest BCUT2D eigenvalue weighted by Crippen LogP contribution is -2.20. The van der Waals surface area contributed by atoms with Crippen LogP contribution in [-0.2, 0) is 4.79 Å². The van der Waals surface area contributed by atoms with E-state index in [1.165, 1.54) is 23.1 Å². The topological polar surface area (TPSA) is 94.1 Å². The smallest absolute Gasteiger partial charge is 0.264 e.